The molecule has 0 unspecified atom stereocenters. The monoisotopic (exact) mass is 436 g/mol. The van der Waals surface area contributed by atoms with Crippen molar-refractivity contribution in [1.29, 1.82) is 0 Å². The van der Waals surface area contributed by atoms with E-state index in [0.29, 0.717) is 24.1 Å². The molecular formula is C25H28N2O5. The van der Waals surface area contributed by atoms with Gasteiger partial charge in [0, 0.05) is 30.3 Å². The molecule has 2 aromatic carbocycles. The number of fused-ring (bicyclic) bond motifs is 1. The fourth-order valence-electron chi connectivity index (χ4n) is 3.73. The van der Waals surface area contributed by atoms with Crippen LogP contribution in [0.1, 0.15) is 54.0 Å². The smallest absolute Gasteiger partial charge is 0.329 e. The summed E-state index contributed by atoms with van der Waals surface area (Å²) in [5, 5.41) is 2.70. The third-order valence-corrected chi connectivity index (χ3v) is 5.54. The van der Waals surface area contributed by atoms with Gasteiger partial charge in [-0.3, -0.25) is 14.4 Å². The third-order valence-electron chi connectivity index (χ3n) is 5.54. The number of nitrogens with zero attached hydrogens (tertiary/aromatic N) is 1. The molecule has 2 atom stereocenters. The summed E-state index contributed by atoms with van der Waals surface area (Å²) >= 11 is 0. The van der Waals surface area contributed by atoms with Crippen LogP contribution in [0.3, 0.4) is 0 Å². The minimum absolute atomic E-state index is 0.0394. The van der Waals surface area contributed by atoms with Crippen LogP contribution in [-0.2, 0) is 20.7 Å². The van der Waals surface area contributed by atoms with Gasteiger partial charge in [0.25, 0.3) is 5.91 Å². The molecule has 0 saturated heterocycles. The highest BCUT2D eigenvalue weighted by Gasteiger charge is 2.30. The molecule has 1 heterocycles. The maximum Gasteiger partial charge on any atom is 0.329 e. The van der Waals surface area contributed by atoms with Gasteiger partial charge in [-0.25, -0.2) is 4.79 Å². The molecule has 3 rings (SSSR count). The van der Waals surface area contributed by atoms with Gasteiger partial charge in [-0.2, -0.15) is 0 Å². The zero-order chi connectivity index (χ0) is 23.4. The summed E-state index contributed by atoms with van der Waals surface area (Å²) in [5.74, 6) is -1.64. The molecule has 0 radical (unpaired) electrons. The van der Waals surface area contributed by atoms with Crippen LogP contribution in [0, 0.1) is 5.92 Å². The van der Waals surface area contributed by atoms with Crippen LogP contribution >= 0.6 is 0 Å². The van der Waals surface area contributed by atoms with Gasteiger partial charge in [0.05, 0.1) is 0 Å². The number of rotatable bonds is 7. The molecule has 0 bridgehead atoms. The molecule has 168 valence electrons. The van der Waals surface area contributed by atoms with Gasteiger partial charge < -0.3 is 15.0 Å². The number of hydrogen-bond donors (Lipinski definition) is 1. The number of esters is 1. The number of anilines is 1. The SMILES string of the molecule is CC(=O)N1CCc2cc(C(=O)[C@@H](C)OC(=O)[C@@H](NC(=O)c3ccccc3)C(C)C)ccc21. The Morgan fingerprint density at radius 2 is 1.66 bits per heavy atom. The van der Waals surface area contributed by atoms with E-state index in [4.69, 9.17) is 4.74 Å². The Morgan fingerprint density at radius 3 is 2.28 bits per heavy atom. The highest BCUT2D eigenvalue weighted by Crippen LogP contribution is 2.29. The topological polar surface area (TPSA) is 92.8 Å². The number of benzene rings is 2. The summed E-state index contributed by atoms with van der Waals surface area (Å²) in [7, 11) is 0. The lowest BCUT2D eigenvalue weighted by Crippen LogP contribution is -2.46. The van der Waals surface area contributed by atoms with Crippen molar-refractivity contribution < 1.29 is 23.9 Å². The number of carbonyl (C=O) groups excluding carboxylic acids is 4. The van der Waals surface area contributed by atoms with Crippen LogP contribution in [0.15, 0.2) is 48.5 Å². The van der Waals surface area contributed by atoms with Crippen molar-refractivity contribution in [1.82, 2.24) is 5.32 Å². The average molecular weight is 437 g/mol. The summed E-state index contributed by atoms with van der Waals surface area (Å²) in [6, 6.07) is 12.9. The van der Waals surface area contributed by atoms with Crippen molar-refractivity contribution in [2.45, 2.75) is 46.3 Å². The van der Waals surface area contributed by atoms with Crippen LogP contribution in [0.5, 0.6) is 0 Å². The zero-order valence-corrected chi connectivity index (χ0v) is 18.8. The van der Waals surface area contributed by atoms with Crippen LogP contribution in [0.4, 0.5) is 5.69 Å². The number of Topliss-reactive ketones (excluding diaryl/α,β-unsaturated/α-hetero) is 1. The molecule has 1 aliphatic rings. The number of nitrogens with one attached hydrogen (secondary N) is 1. The predicted octanol–water partition coefficient (Wildman–Crippen LogP) is 3.16. The summed E-state index contributed by atoms with van der Waals surface area (Å²) in [6.07, 6.45) is -0.341. The van der Waals surface area contributed by atoms with E-state index in [1.807, 2.05) is 0 Å². The minimum atomic E-state index is -1.01. The Balaban J connectivity index is 1.67. The fraction of sp³-hybridized carbons (Fsp3) is 0.360. The molecule has 2 aromatic rings. The first kappa shape index (κ1) is 23.2. The van der Waals surface area contributed by atoms with Crippen LogP contribution in [0.2, 0.25) is 0 Å². The van der Waals surface area contributed by atoms with E-state index in [0.717, 1.165) is 11.3 Å². The third kappa shape index (κ3) is 5.04. The standard InChI is InChI=1S/C25H28N2O5/c1-15(2)22(26-24(30)18-8-6-5-7-9-18)25(31)32-16(3)23(29)20-10-11-21-19(14-20)12-13-27(21)17(4)28/h5-11,14-16,22H,12-13H2,1-4H3,(H,26,30)/t16-,22+/m1/s1. The van der Waals surface area contributed by atoms with Gasteiger partial charge in [-0.15, -0.1) is 0 Å². The highest BCUT2D eigenvalue weighted by molar-refractivity contribution is 6.02. The van der Waals surface area contributed by atoms with Crippen LogP contribution in [0.25, 0.3) is 0 Å². The molecule has 2 amide bonds. The lowest BCUT2D eigenvalue weighted by molar-refractivity contribution is -0.149. The van der Waals surface area contributed by atoms with Gasteiger partial charge in [0.2, 0.25) is 11.7 Å². The first-order valence-electron chi connectivity index (χ1n) is 10.7. The molecule has 7 heteroatoms. The van der Waals surface area contributed by atoms with E-state index in [-0.39, 0.29) is 23.5 Å². The number of carbonyl (C=O) groups is 4. The van der Waals surface area contributed by atoms with Gasteiger partial charge >= 0.3 is 5.97 Å². The van der Waals surface area contributed by atoms with Gasteiger partial charge in [-0.05, 0) is 55.2 Å². The summed E-state index contributed by atoms with van der Waals surface area (Å²) in [6.45, 7) is 7.21. The van der Waals surface area contributed by atoms with Crippen molar-refractivity contribution in [2.24, 2.45) is 5.92 Å². The normalized spacial score (nSPS) is 14.5. The minimum Gasteiger partial charge on any atom is -0.453 e. The largest absolute Gasteiger partial charge is 0.453 e. The second-order valence-electron chi connectivity index (χ2n) is 8.27. The molecular weight excluding hydrogens is 408 g/mol. The molecule has 7 nitrogen and oxygen atoms in total. The van der Waals surface area contributed by atoms with Crippen molar-refractivity contribution in [2.75, 3.05) is 11.4 Å². The van der Waals surface area contributed by atoms with Gasteiger partial charge in [0.1, 0.15) is 6.04 Å². The maximum atomic E-state index is 12.9. The van der Waals surface area contributed by atoms with Crippen molar-refractivity contribution in [3.05, 3.63) is 65.2 Å². The van der Waals surface area contributed by atoms with E-state index in [2.05, 4.69) is 5.32 Å². The van der Waals surface area contributed by atoms with Crippen LogP contribution in [-0.4, -0.2) is 42.3 Å². The quantitative estimate of drug-likeness (QED) is 0.532. The first-order chi connectivity index (χ1) is 15.2. The van der Waals surface area contributed by atoms with Crippen LogP contribution < -0.4 is 10.2 Å². The molecule has 1 N–H and O–H groups in total. The lowest BCUT2D eigenvalue weighted by atomic mass is 10.0. The molecule has 0 saturated carbocycles. The van der Waals surface area contributed by atoms with Crippen molar-refractivity contribution in [3.8, 4) is 0 Å². The lowest BCUT2D eigenvalue weighted by Gasteiger charge is -2.23. The van der Waals surface area contributed by atoms with Crippen molar-refractivity contribution >= 4 is 29.3 Å². The summed E-state index contributed by atoms with van der Waals surface area (Å²) < 4.78 is 5.44. The summed E-state index contributed by atoms with van der Waals surface area (Å²) in [4.78, 5) is 51.5. The molecule has 0 spiro atoms. The first-order valence-corrected chi connectivity index (χ1v) is 10.7. The zero-order valence-electron chi connectivity index (χ0n) is 18.8. The number of ketones is 1. The van der Waals surface area contributed by atoms with E-state index < -0.39 is 18.1 Å². The summed E-state index contributed by atoms with van der Waals surface area (Å²) in [5.41, 5.74) is 2.58. The second kappa shape index (κ2) is 9.77. The Bertz CT molecular complexity index is 1030. The molecule has 1 aliphatic heterocycles. The molecule has 0 fully saturated rings. The number of amides is 2. The van der Waals surface area contributed by atoms with E-state index in [9.17, 15) is 19.2 Å². The van der Waals surface area contributed by atoms with Crippen molar-refractivity contribution in [3.63, 3.8) is 0 Å². The number of hydrogen-bond acceptors (Lipinski definition) is 5. The van der Waals surface area contributed by atoms with E-state index in [1.165, 1.54) is 13.8 Å². The Morgan fingerprint density at radius 1 is 0.969 bits per heavy atom. The Hall–Kier alpha value is -3.48. The molecule has 0 aliphatic carbocycles. The van der Waals surface area contributed by atoms with Gasteiger partial charge in [-0.1, -0.05) is 32.0 Å². The Kier molecular flexibility index (Phi) is 7.08. The molecule has 32 heavy (non-hydrogen) atoms. The highest BCUT2D eigenvalue weighted by atomic mass is 16.5. The average Bonchev–Trinajstić information content (AvgIpc) is 3.20. The van der Waals surface area contributed by atoms with Gasteiger partial charge in [0.15, 0.2) is 6.10 Å². The maximum absolute atomic E-state index is 12.9. The number of ether oxygens (including phenoxy) is 1. The molecule has 0 aromatic heterocycles. The Labute approximate surface area is 187 Å². The predicted molar refractivity (Wildman–Crippen MR) is 121 cm³/mol. The fourth-order valence-corrected chi connectivity index (χ4v) is 3.73. The van der Waals surface area contributed by atoms with E-state index in [1.54, 1.807) is 67.3 Å². The van der Waals surface area contributed by atoms with E-state index >= 15 is 0 Å². The second-order valence-corrected chi connectivity index (χ2v) is 8.27.